The fourth-order valence-electron chi connectivity index (χ4n) is 2.58. The Hall–Kier alpha value is -1.80. The van der Waals surface area contributed by atoms with E-state index in [0.717, 1.165) is 17.5 Å². The largest absolute Gasteiger partial charge is 0.481 e. The molecule has 0 aliphatic rings. The summed E-state index contributed by atoms with van der Waals surface area (Å²) in [5.74, 6) is -1.41. The van der Waals surface area contributed by atoms with Gasteiger partial charge in [0.15, 0.2) is 0 Å². The van der Waals surface area contributed by atoms with Gasteiger partial charge in [-0.05, 0) is 29.7 Å². The molecule has 0 radical (unpaired) electrons. The Morgan fingerprint density at radius 3 is 2.15 bits per heavy atom. The van der Waals surface area contributed by atoms with E-state index in [4.69, 9.17) is 11.6 Å². The van der Waals surface area contributed by atoms with Crippen LogP contribution >= 0.6 is 11.6 Å². The van der Waals surface area contributed by atoms with Gasteiger partial charge in [-0.15, -0.1) is 0 Å². The molecule has 0 heterocycles. The average molecular weight is 289 g/mol. The van der Waals surface area contributed by atoms with Gasteiger partial charge in [-0.25, -0.2) is 0 Å². The van der Waals surface area contributed by atoms with Crippen molar-refractivity contribution in [1.82, 2.24) is 0 Å². The zero-order valence-electron chi connectivity index (χ0n) is 11.3. The number of halogens is 1. The van der Waals surface area contributed by atoms with Gasteiger partial charge >= 0.3 is 5.97 Å². The van der Waals surface area contributed by atoms with Gasteiger partial charge in [0.05, 0.1) is 5.92 Å². The highest BCUT2D eigenvalue weighted by Crippen LogP contribution is 2.36. The summed E-state index contributed by atoms with van der Waals surface area (Å²) < 4.78 is 0. The minimum absolute atomic E-state index is 0.0464. The first-order valence-corrected chi connectivity index (χ1v) is 7.04. The summed E-state index contributed by atoms with van der Waals surface area (Å²) in [6.45, 7) is 2.02. The fraction of sp³-hybridized carbons (Fsp3) is 0.235. The second-order valence-electron chi connectivity index (χ2n) is 4.79. The molecule has 2 rings (SSSR count). The first-order chi connectivity index (χ1) is 9.63. The predicted molar refractivity (Wildman–Crippen MR) is 81.3 cm³/mol. The van der Waals surface area contributed by atoms with Crippen molar-refractivity contribution in [3.05, 3.63) is 70.7 Å². The highest BCUT2D eigenvalue weighted by atomic mass is 35.5. The van der Waals surface area contributed by atoms with E-state index in [0.29, 0.717) is 5.02 Å². The molecule has 0 saturated heterocycles. The van der Waals surface area contributed by atoms with Gasteiger partial charge in [-0.3, -0.25) is 4.79 Å². The summed E-state index contributed by atoms with van der Waals surface area (Å²) >= 11 is 5.88. The maximum atomic E-state index is 11.7. The molecule has 0 aliphatic heterocycles. The topological polar surface area (TPSA) is 37.3 Å². The number of rotatable bonds is 5. The molecule has 2 aromatic rings. The molecule has 0 aromatic heterocycles. The van der Waals surface area contributed by atoms with Crippen molar-refractivity contribution in [3.63, 3.8) is 0 Å². The predicted octanol–water partition coefficient (Wildman–Crippen LogP) is 4.70. The van der Waals surface area contributed by atoms with Gasteiger partial charge < -0.3 is 5.11 Å². The van der Waals surface area contributed by atoms with E-state index in [-0.39, 0.29) is 5.92 Å². The summed E-state index contributed by atoms with van der Waals surface area (Å²) in [5, 5.41) is 10.2. The normalized spacial score (nSPS) is 13.7. The minimum Gasteiger partial charge on any atom is -0.481 e. The van der Waals surface area contributed by atoms with E-state index in [2.05, 4.69) is 0 Å². The van der Waals surface area contributed by atoms with E-state index in [9.17, 15) is 9.90 Å². The molecule has 0 saturated carbocycles. The van der Waals surface area contributed by atoms with Crippen LogP contribution in [0.15, 0.2) is 54.6 Å². The Labute approximate surface area is 124 Å². The third-order valence-electron chi connectivity index (χ3n) is 3.57. The van der Waals surface area contributed by atoms with Crippen LogP contribution < -0.4 is 0 Å². The number of hydrogen-bond acceptors (Lipinski definition) is 1. The lowest BCUT2D eigenvalue weighted by atomic mass is 9.80. The Kier molecular flexibility index (Phi) is 4.80. The second-order valence-corrected chi connectivity index (χ2v) is 5.23. The second kappa shape index (κ2) is 6.58. The van der Waals surface area contributed by atoms with Crippen molar-refractivity contribution in [2.24, 2.45) is 0 Å². The third-order valence-corrected chi connectivity index (χ3v) is 3.82. The van der Waals surface area contributed by atoms with Gasteiger partial charge in [-0.2, -0.15) is 0 Å². The van der Waals surface area contributed by atoms with E-state index in [1.165, 1.54) is 0 Å². The van der Waals surface area contributed by atoms with Crippen molar-refractivity contribution < 1.29 is 9.90 Å². The van der Waals surface area contributed by atoms with Crippen LogP contribution in [0.2, 0.25) is 5.02 Å². The van der Waals surface area contributed by atoms with E-state index in [1.807, 2.05) is 37.3 Å². The molecule has 1 N–H and O–H groups in total. The van der Waals surface area contributed by atoms with Crippen molar-refractivity contribution in [2.75, 3.05) is 0 Å². The van der Waals surface area contributed by atoms with Crippen LogP contribution in [0, 0.1) is 0 Å². The first kappa shape index (κ1) is 14.6. The van der Waals surface area contributed by atoms with Crippen LogP contribution in [-0.4, -0.2) is 11.1 Å². The number of carboxylic acids is 1. The number of benzene rings is 2. The fourth-order valence-corrected chi connectivity index (χ4v) is 2.71. The summed E-state index contributed by atoms with van der Waals surface area (Å²) in [7, 11) is 0. The van der Waals surface area contributed by atoms with Crippen molar-refractivity contribution in [3.8, 4) is 0 Å². The molecule has 0 amide bonds. The molecular formula is C17H17ClO2. The molecule has 0 bridgehead atoms. The van der Waals surface area contributed by atoms with Crippen LogP contribution in [0.25, 0.3) is 0 Å². The zero-order chi connectivity index (χ0) is 14.5. The van der Waals surface area contributed by atoms with Crippen LogP contribution in [0.1, 0.15) is 36.3 Å². The molecule has 0 fully saturated rings. The standard InChI is InChI=1S/C17H17ClO2/c1-2-15(12-6-4-3-5-7-12)16(17(19)20)13-8-10-14(18)11-9-13/h3-11,15-16H,2H2,1H3,(H,19,20). The van der Waals surface area contributed by atoms with Gasteiger partial charge in [0, 0.05) is 10.9 Å². The Bertz CT molecular complexity index is 563. The van der Waals surface area contributed by atoms with Crippen LogP contribution in [-0.2, 0) is 4.79 Å². The molecule has 104 valence electrons. The lowest BCUT2D eigenvalue weighted by molar-refractivity contribution is -0.139. The highest BCUT2D eigenvalue weighted by Gasteiger charge is 2.29. The number of carbonyl (C=O) groups is 1. The van der Waals surface area contributed by atoms with Crippen molar-refractivity contribution >= 4 is 17.6 Å². The van der Waals surface area contributed by atoms with Crippen molar-refractivity contribution in [1.29, 1.82) is 0 Å². The summed E-state index contributed by atoms with van der Waals surface area (Å²) in [6, 6.07) is 16.9. The Balaban J connectivity index is 2.41. The van der Waals surface area contributed by atoms with Gasteiger partial charge in [0.1, 0.15) is 0 Å². The smallest absolute Gasteiger partial charge is 0.311 e. The van der Waals surface area contributed by atoms with E-state index in [1.54, 1.807) is 24.3 Å². The number of aliphatic carboxylic acids is 1. The minimum atomic E-state index is -0.803. The molecule has 2 atom stereocenters. The Morgan fingerprint density at radius 1 is 1.05 bits per heavy atom. The lowest BCUT2D eigenvalue weighted by Crippen LogP contribution is -2.19. The summed E-state index contributed by atoms with van der Waals surface area (Å²) in [4.78, 5) is 11.7. The number of carboxylic acid groups (broad SMARTS) is 1. The quantitative estimate of drug-likeness (QED) is 0.866. The maximum absolute atomic E-state index is 11.7. The van der Waals surface area contributed by atoms with Crippen LogP contribution in [0.5, 0.6) is 0 Å². The molecule has 2 unspecified atom stereocenters. The molecule has 0 spiro atoms. The highest BCUT2D eigenvalue weighted by molar-refractivity contribution is 6.30. The zero-order valence-corrected chi connectivity index (χ0v) is 12.0. The van der Waals surface area contributed by atoms with Gasteiger partial charge in [0.25, 0.3) is 0 Å². The molecule has 2 aromatic carbocycles. The van der Waals surface area contributed by atoms with E-state index < -0.39 is 11.9 Å². The summed E-state index contributed by atoms with van der Waals surface area (Å²) in [5.41, 5.74) is 1.84. The maximum Gasteiger partial charge on any atom is 0.311 e. The molecular weight excluding hydrogens is 272 g/mol. The molecule has 20 heavy (non-hydrogen) atoms. The number of hydrogen-bond donors (Lipinski definition) is 1. The van der Waals surface area contributed by atoms with Crippen LogP contribution in [0.4, 0.5) is 0 Å². The molecule has 0 aliphatic carbocycles. The molecule has 2 nitrogen and oxygen atoms in total. The van der Waals surface area contributed by atoms with Crippen LogP contribution in [0.3, 0.4) is 0 Å². The van der Waals surface area contributed by atoms with E-state index >= 15 is 0 Å². The van der Waals surface area contributed by atoms with Crippen molar-refractivity contribution in [2.45, 2.75) is 25.2 Å². The SMILES string of the molecule is CCC(c1ccccc1)C(C(=O)O)c1ccc(Cl)cc1. The lowest BCUT2D eigenvalue weighted by Gasteiger charge is -2.23. The average Bonchev–Trinajstić information content (AvgIpc) is 2.46. The first-order valence-electron chi connectivity index (χ1n) is 6.66. The molecule has 3 heteroatoms. The third kappa shape index (κ3) is 3.20. The van der Waals surface area contributed by atoms with Gasteiger partial charge in [-0.1, -0.05) is 61.0 Å². The van der Waals surface area contributed by atoms with Gasteiger partial charge in [0.2, 0.25) is 0 Å². The summed E-state index contributed by atoms with van der Waals surface area (Å²) in [6.07, 6.45) is 0.767. The monoisotopic (exact) mass is 288 g/mol. The Morgan fingerprint density at radius 2 is 1.65 bits per heavy atom.